The standard InChI is InChI=1S/C23H30N4O3/c1-15(2)12-19(24)27-21(25)17-8-6-16(7-9-17)18-10-11-20(26-13-18)30-14-23(3,4)22(28)29-5/h6-11,13,15H,12,14H2,1-5H3,(H3,24,25,27). The van der Waals surface area contributed by atoms with Gasteiger partial charge in [-0.2, -0.15) is 0 Å². The van der Waals surface area contributed by atoms with Gasteiger partial charge in [-0.1, -0.05) is 38.1 Å². The highest BCUT2D eigenvalue weighted by Crippen LogP contribution is 2.23. The zero-order chi connectivity index (χ0) is 22.3. The topological polar surface area (TPSA) is 111 Å². The summed E-state index contributed by atoms with van der Waals surface area (Å²) in [5, 5.41) is 7.89. The van der Waals surface area contributed by atoms with E-state index in [2.05, 4.69) is 9.98 Å². The van der Waals surface area contributed by atoms with Crippen molar-refractivity contribution in [2.75, 3.05) is 13.7 Å². The third-order valence-electron chi connectivity index (χ3n) is 4.43. The van der Waals surface area contributed by atoms with Crippen LogP contribution in [0.3, 0.4) is 0 Å². The number of rotatable bonds is 8. The summed E-state index contributed by atoms with van der Waals surface area (Å²) in [6.07, 6.45) is 2.31. The number of carbonyl (C=O) groups excluding carboxylic acids is 1. The summed E-state index contributed by atoms with van der Waals surface area (Å²) in [7, 11) is 1.36. The Morgan fingerprint density at radius 3 is 2.33 bits per heavy atom. The molecular formula is C23H30N4O3. The van der Waals surface area contributed by atoms with E-state index in [1.54, 1.807) is 26.1 Å². The van der Waals surface area contributed by atoms with Gasteiger partial charge in [0.25, 0.3) is 0 Å². The van der Waals surface area contributed by atoms with E-state index in [-0.39, 0.29) is 18.4 Å². The maximum Gasteiger partial charge on any atom is 0.314 e. The first kappa shape index (κ1) is 23.1. The first-order valence-corrected chi connectivity index (χ1v) is 9.82. The summed E-state index contributed by atoms with van der Waals surface area (Å²) in [5.74, 6) is 1.08. The maximum atomic E-state index is 11.7. The second kappa shape index (κ2) is 10.0. The van der Waals surface area contributed by atoms with Crippen LogP contribution in [0.2, 0.25) is 0 Å². The van der Waals surface area contributed by atoms with Gasteiger partial charge in [-0.05, 0) is 31.4 Å². The number of methoxy groups -OCH3 is 1. The number of carbonyl (C=O) groups is 1. The lowest BCUT2D eigenvalue weighted by Gasteiger charge is -2.21. The summed E-state index contributed by atoms with van der Waals surface area (Å²) in [4.78, 5) is 20.2. The smallest absolute Gasteiger partial charge is 0.314 e. The molecule has 0 spiro atoms. The van der Waals surface area contributed by atoms with E-state index in [0.29, 0.717) is 24.1 Å². The van der Waals surface area contributed by atoms with E-state index < -0.39 is 5.41 Å². The SMILES string of the molecule is COC(=O)C(C)(C)COc1ccc(-c2ccc(/C(N)=N/C(=N)CC(C)C)cc2)cn1. The molecule has 0 fully saturated rings. The van der Waals surface area contributed by atoms with Gasteiger partial charge in [-0.15, -0.1) is 0 Å². The largest absolute Gasteiger partial charge is 0.476 e. The first-order chi connectivity index (χ1) is 14.1. The Labute approximate surface area is 177 Å². The van der Waals surface area contributed by atoms with Crippen LogP contribution in [-0.2, 0) is 9.53 Å². The quantitative estimate of drug-likeness (QED) is 0.387. The number of aromatic nitrogens is 1. The van der Waals surface area contributed by atoms with Crippen LogP contribution in [0.25, 0.3) is 11.1 Å². The van der Waals surface area contributed by atoms with Crippen LogP contribution >= 0.6 is 0 Å². The number of pyridine rings is 1. The monoisotopic (exact) mass is 410 g/mol. The molecule has 0 bridgehead atoms. The molecule has 30 heavy (non-hydrogen) atoms. The molecule has 0 aliphatic carbocycles. The number of aliphatic imine (C=N–C) groups is 1. The summed E-state index contributed by atoms with van der Waals surface area (Å²) < 4.78 is 10.4. The summed E-state index contributed by atoms with van der Waals surface area (Å²) in [5.41, 5.74) is 7.93. The normalized spacial score (nSPS) is 12.0. The summed E-state index contributed by atoms with van der Waals surface area (Å²) >= 11 is 0. The lowest BCUT2D eigenvalue weighted by Crippen LogP contribution is -2.32. The van der Waals surface area contributed by atoms with Crippen LogP contribution in [0.15, 0.2) is 47.6 Å². The highest BCUT2D eigenvalue weighted by atomic mass is 16.5. The molecule has 0 saturated heterocycles. The number of benzene rings is 1. The van der Waals surface area contributed by atoms with E-state index in [1.165, 1.54) is 7.11 Å². The average Bonchev–Trinajstić information content (AvgIpc) is 2.71. The zero-order valence-corrected chi connectivity index (χ0v) is 18.2. The van der Waals surface area contributed by atoms with Crippen molar-refractivity contribution in [3.8, 4) is 17.0 Å². The molecule has 0 atom stereocenters. The van der Waals surface area contributed by atoms with Crippen LogP contribution < -0.4 is 10.5 Å². The van der Waals surface area contributed by atoms with Crippen molar-refractivity contribution in [3.05, 3.63) is 48.2 Å². The van der Waals surface area contributed by atoms with Gasteiger partial charge in [0.1, 0.15) is 18.3 Å². The lowest BCUT2D eigenvalue weighted by molar-refractivity contribution is -0.152. The Morgan fingerprint density at radius 2 is 1.80 bits per heavy atom. The van der Waals surface area contributed by atoms with Gasteiger partial charge in [0.2, 0.25) is 5.88 Å². The molecule has 1 aromatic heterocycles. The number of hydrogen-bond acceptors (Lipinski definition) is 5. The Kier molecular flexibility index (Phi) is 7.69. The highest BCUT2D eigenvalue weighted by Gasteiger charge is 2.29. The Hall–Kier alpha value is -3.22. The molecule has 0 saturated carbocycles. The van der Waals surface area contributed by atoms with Gasteiger partial charge in [0.05, 0.1) is 12.5 Å². The van der Waals surface area contributed by atoms with Crippen molar-refractivity contribution < 1.29 is 14.3 Å². The third-order valence-corrected chi connectivity index (χ3v) is 4.43. The van der Waals surface area contributed by atoms with Gasteiger partial charge in [0, 0.05) is 29.8 Å². The molecule has 1 heterocycles. The lowest BCUT2D eigenvalue weighted by atomic mass is 9.95. The van der Waals surface area contributed by atoms with Crippen LogP contribution in [0.1, 0.15) is 39.7 Å². The van der Waals surface area contributed by atoms with Crippen LogP contribution in [0.4, 0.5) is 0 Å². The van der Waals surface area contributed by atoms with E-state index in [0.717, 1.165) is 16.7 Å². The third kappa shape index (κ3) is 6.40. The molecule has 7 nitrogen and oxygen atoms in total. The van der Waals surface area contributed by atoms with Crippen molar-refractivity contribution in [3.63, 3.8) is 0 Å². The molecule has 0 unspecified atom stereocenters. The van der Waals surface area contributed by atoms with Crippen molar-refractivity contribution in [1.29, 1.82) is 5.41 Å². The number of nitrogens with two attached hydrogens (primary N) is 1. The molecule has 0 radical (unpaired) electrons. The van der Waals surface area contributed by atoms with Crippen molar-refractivity contribution >= 4 is 17.6 Å². The maximum absolute atomic E-state index is 11.7. The summed E-state index contributed by atoms with van der Waals surface area (Å²) in [6.45, 7) is 7.77. The van der Waals surface area contributed by atoms with Crippen LogP contribution in [-0.4, -0.2) is 36.3 Å². The van der Waals surface area contributed by atoms with Gasteiger partial charge in [-0.25, -0.2) is 9.98 Å². The van der Waals surface area contributed by atoms with E-state index >= 15 is 0 Å². The molecule has 0 aliphatic heterocycles. The molecule has 2 aromatic rings. The minimum absolute atomic E-state index is 0.172. The number of esters is 1. The molecule has 1 aromatic carbocycles. The fourth-order valence-electron chi connectivity index (χ4n) is 2.70. The minimum Gasteiger partial charge on any atom is -0.476 e. The van der Waals surface area contributed by atoms with Crippen molar-refractivity contribution in [2.45, 2.75) is 34.1 Å². The van der Waals surface area contributed by atoms with Gasteiger partial charge in [0.15, 0.2) is 0 Å². The molecular weight excluding hydrogens is 380 g/mol. The van der Waals surface area contributed by atoms with Crippen molar-refractivity contribution in [2.24, 2.45) is 22.1 Å². The van der Waals surface area contributed by atoms with E-state index in [1.807, 2.05) is 44.2 Å². The molecule has 7 heteroatoms. The fourth-order valence-corrected chi connectivity index (χ4v) is 2.70. The fraction of sp³-hybridized carbons (Fsp3) is 0.391. The first-order valence-electron chi connectivity index (χ1n) is 9.82. The van der Waals surface area contributed by atoms with Gasteiger partial charge >= 0.3 is 5.97 Å². The summed E-state index contributed by atoms with van der Waals surface area (Å²) in [6, 6.07) is 11.3. The highest BCUT2D eigenvalue weighted by molar-refractivity contribution is 6.04. The number of amidine groups is 2. The number of ether oxygens (including phenoxy) is 2. The van der Waals surface area contributed by atoms with Crippen molar-refractivity contribution in [1.82, 2.24) is 4.98 Å². The molecule has 3 N–H and O–H groups in total. The number of hydrogen-bond donors (Lipinski definition) is 2. The van der Waals surface area contributed by atoms with E-state index in [9.17, 15) is 4.79 Å². The molecule has 0 amide bonds. The van der Waals surface area contributed by atoms with Gasteiger partial charge in [-0.3, -0.25) is 10.2 Å². The van der Waals surface area contributed by atoms with Crippen LogP contribution in [0, 0.1) is 16.7 Å². The van der Waals surface area contributed by atoms with Gasteiger partial charge < -0.3 is 15.2 Å². The average molecular weight is 411 g/mol. The second-order valence-electron chi connectivity index (χ2n) is 8.17. The number of nitrogens with one attached hydrogen (secondary N) is 1. The van der Waals surface area contributed by atoms with Crippen LogP contribution in [0.5, 0.6) is 5.88 Å². The minimum atomic E-state index is -0.752. The predicted molar refractivity (Wildman–Crippen MR) is 119 cm³/mol. The number of nitrogens with zero attached hydrogens (tertiary/aromatic N) is 2. The predicted octanol–water partition coefficient (Wildman–Crippen LogP) is 4.06. The molecule has 160 valence electrons. The Morgan fingerprint density at radius 1 is 1.17 bits per heavy atom. The Bertz CT molecular complexity index is 901. The second-order valence-corrected chi connectivity index (χ2v) is 8.17. The zero-order valence-electron chi connectivity index (χ0n) is 18.2. The molecule has 2 rings (SSSR count). The van der Waals surface area contributed by atoms with E-state index in [4.69, 9.17) is 20.6 Å². The Balaban J connectivity index is 2.04. The molecule has 0 aliphatic rings.